The van der Waals surface area contributed by atoms with Gasteiger partial charge in [-0.05, 0) is 68.2 Å². The summed E-state index contributed by atoms with van der Waals surface area (Å²) >= 11 is 0. The molecule has 0 saturated heterocycles. The van der Waals surface area contributed by atoms with Gasteiger partial charge in [-0.15, -0.1) is 0 Å². The molecule has 35 heavy (non-hydrogen) atoms. The second-order valence-electron chi connectivity index (χ2n) is 11.1. The van der Waals surface area contributed by atoms with Crippen LogP contribution >= 0.6 is 0 Å². The van der Waals surface area contributed by atoms with Gasteiger partial charge in [0.25, 0.3) is 0 Å². The maximum Gasteiger partial charge on any atom is 0.241 e. The van der Waals surface area contributed by atoms with E-state index in [1.54, 1.807) is 50.4 Å². The predicted molar refractivity (Wildman–Crippen MR) is 133 cm³/mol. The third-order valence-corrected chi connectivity index (χ3v) is 8.69. The van der Waals surface area contributed by atoms with E-state index in [1.807, 2.05) is 0 Å². The van der Waals surface area contributed by atoms with Gasteiger partial charge in [-0.1, -0.05) is 24.3 Å². The van der Waals surface area contributed by atoms with Crippen LogP contribution in [0.5, 0.6) is 0 Å². The van der Waals surface area contributed by atoms with Gasteiger partial charge in [-0.25, -0.2) is 0 Å². The summed E-state index contributed by atoms with van der Waals surface area (Å²) < 4.78 is 5.26. The number of methoxy groups -OCH3 is 1. The third-order valence-electron chi connectivity index (χ3n) is 8.69. The second kappa shape index (κ2) is 9.86. The van der Waals surface area contributed by atoms with E-state index in [9.17, 15) is 14.4 Å². The van der Waals surface area contributed by atoms with Gasteiger partial charge in [0.05, 0.1) is 13.2 Å². The summed E-state index contributed by atoms with van der Waals surface area (Å²) in [5.74, 6) is 3.32. The fourth-order valence-electron chi connectivity index (χ4n) is 7.37. The van der Waals surface area contributed by atoms with Crippen molar-refractivity contribution in [2.24, 2.45) is 29.6 Å². The van der Waals surface area contributed by atoms with E-state index in [1.165, 1.54) is 37.0 Å². The van der Waals surface area contributed by atoms with Crippen LogP contribution in [0, 0.1) is 29.6 Å². The number of nitrogens with zero attached hydrogens (tertiary/aromatic N) is 2. The largest absolute Gasteiger partial charge is 0.383 e. The topological polar surface area (TPSA) is 79.0 Å². The molecule has 4 fully saturated rings. The number of hydrogen-bond acceptors (Lipinski definition) is 6. The molecule has 0 aromatic heterocycles. The highest BCUT2D eigenvalue weighted by Gasteiger charge is 2.47. The summed E-state index contributed by atoms with van der Waals surface area (Å²) in [5.41, 5.74) is 1.12. The lowest BCUT2D eigenvalue weighted by molar-refractivity contribution is -0.129. The predicted octanol–water partition coefficient (Wildman–Crippen LogP) is 2.98. The Bertz CT molecular complexity index is 1020. The Labute approximate surface area is 207 Å². The van der Waals surface area contributed by atoms with Crippen molar-refractivity contribution in [2.45, 2.75) is 32.1 Å². The Morgan fingerprint density at radius 1 is 0.943 bits per heavy atom. The van der Waals surface area contributed by atoms with Gasteiger partial charge in [-0.2, -0.15) is 0 Å². The van der Waals surface area contributed by atoms with E-state index < -0.39 is 0 Å². The molecule has 0 spiro atoms. The highest BCUT2D eigenvalue weighted by atomic mass is 16.5. The summed E-state index contributed by atoms with van der Waals surface area (Å²) in [6.45, 7) is 1.46. The van der Waals surface area contributed by atoms with Gasteiger partial charge in [-0.3, -0.25) is 14.4 Å². The van der Waals surface area contributed by atoms with Crippen LogP contribution in [-0.2, 0) is 9.53 Å². The smallest absolute Gasteiger partial charge is 0.241 e. The second-order valence-corrected chi connectivity index (χ2v) is 11.1. The molecule has 188 valence electrons. The molecule has 1 aromatic carbocycles. The number of benzene rings is 1. The molecular formula is C28H37N3O4. The number of ketones is 2. The van der Waals surface area contributed by atoms with E-state index in [2.05, 4.69) is 5.32 Å². The number of Topliss-reactive ketones (excluding diaryl/α,β-unsaturated/α-hetero) is 2. The van der Waals surface area contributed by atoms with E-state index in [0.717, 1.165) is 30.2 Å². The van der Waals surface area contributed by atoms with Gasteiger partial charge in [0.15, 0.2) is 0 Å². The van der Waals surface area contributed by atoms with Crippen molar-refractivity contribution >= 4 is 17.5 Å². The zero-order valence-corrected chi connectivity index (χ0v) is 21.1. The molecule has 7 heteroatoms. The number of allylic oxidation sites excluding steroid dienone is 2. The molecule has 1 aromatic rings. The van der Waals surface area contributed by atoms with E-state index in [0.29, 0.717) is 17.0 Å². The highest BCUT2D eigenvalue weighted by molar-refractivity contribution is 6.27. The number of ether oxygens (including phenoxy) is 1. The Morgan fingerprint density at radius 3 is 2.06 bits per heavy atom. The van der Waals surface area contributed by atoms with Crippen molar-refractivity contribution in [2.75, 3.05) is 47.4 Å². The highest BCUT2D eigenvalue weighted by Crippen LogP contribution is 2.56. The number of hydrogen-bond donors (Lipinski definition) is 1. The van der Waals surface area contributed by atoms with Gasteiger partial charge < -0.3 is 19.9 Å². The first-order chi connectivity index (χ1) is 16.9. The van der Waals surface area contributed by atoms with Crippen LogP contribution in [0.2, 0.25) is 0 Å². The molecule has 0 atom stereocenters. The normalized spacial score (nSPS) is 28.9. The molecule has 0 unspecified atom stereocenters. The molecule has 6 rings (SSSR count). The van der Waals surface area contributed by atoms with Crippen LogP contribution in [0.25, 0.3) is 0 Å². The fraction of sp³-hybridized carbons (Fsp3) is 0.607. The molecule has 0 aliphatic heterocycles. The maximum absolute atomic E-state index is 13.6. The Kier molecular flexibility index (Phi) is 6.82. The molecule has 0 radical (unpaired) electrons. The fourth-order valence-corrected chi connectivity index (χ4v) is 7.37. The van der Waals surface area contributed by atoms with Gasteiger partial charge >= 0.3 is 0 Å². The number of nitrogens with one attached hydrogen (secondary N) is 1. The average molecular weight is 480 g/mol. The summed E-state index contributed by atoms with van der Waals surface area (Å²) in [6, 6.07) is 6.83. The maximum atomic E-state index is 13.6. The van der Waals surface area contributed by atoms with Crippen LogP contribution < -0.4 is 5.32 Å². The van der Waals surface area contributed by atoms with E-state index in [4.69, 9.17) is 4.74 Å². The summed E-state index contributed by atoms with van der Waals surface area (Å²) in [7, 11) is 5.04. The Balaban J connectivity index is 1.34. The van der Waals surface area contributed by atoms with Gasteiger partial charge in [0.2, 0.25) is 17.5 Å². The number of fused-ring (bicyclic) bond motifs is 1. The minimum absolute atomic E-state index is 0.139. The van der Waals surface area contributed by atoms with Crippen molar-refractivity contribution in [1.29, 1.82) is 0 Å². The van der Waals surface area contributed by atoms with Crippen molar-refractivity contribution in [1.82, 2.24) is 15.1 Å². The van der Waals surface area contributed by atoms with Gasteiger partial charge in [0.1, 0.15) is 11.4 Å². The SMILES string of the molecule is COCCN(C(=O)CNCC1C2CC3CC(C2)CC1C3)C1=C(N(C)C)C(=O)c2ccccc2C1=O. The monoisotopic (exact) mass is 479 g/mol. The van der Waals surface area contributed by atoms with Crippen LogP contribution in [0.4, 0.5) is 0 Å². The summed E-state index contributed by atoms with van der Waals surface area (Å²) in [6.07, 6.45) is 6.83. The number of carbonyl (C=O) groups excluding carboxylic acids is 3. The zero-order chi connectivity index (χ0) is 24.7. The van der Waals surface area contributed by atoms with Crippen LogP contribution in [0.3, 0.4) is 0 Å². The zero-order valence-electron chi connectivity index (χ0n) is 21.1. The van der Waals surface area contributed by atoms with Crippen molar-refractivity contribution in [3.63, 3.8) is 0 Å². The molecule has 4 bridgehead atoms. The van der Waals surface area contributed by atoms with E-state index >= 15 is 0 Å². The molecule has 1 N–H and O–H groups in total. The third kappa shape index (κ3) is 4.45. The number of amides is 1. The average Bonchev–Trinajstić information content (AvgIpc) is 2.83. The molecule has 4 saturated carbocycles. The first-order valence-electron chi connectivity index (χ1n) is 13.0. The molecular weight excluding hydrogens is 442 g/mol. The summed E-state index contributed by atoms with van der Waals surface area (Å²) in [4.78, 5) is 43.5. The lowest BCUT2D eigenvalue weighted by Crippen LogP contribution is -2.50. The number of likely N-dealkylation sites (N-methyl/N-ethyl adjacent to an activating group) is 1. The Morgan fingerprint density at radius 2 is 1.51 bits per heavy atom. The quantitative estimate of drug-likeness (QED) is 0.587. The molecule has 7 nitrogen and oxygen atoms in total. The molecule has 5 aliphatic carbocycles. The van der Waals surface area contributed by atoms with Crippen molar-refractivity contribution < 1.29 is 19.1 Å². The number of carbonyl (C=O) groups is 3. The first-order valence-corrected chi connectivity index (χ1v) is 13.0. The molecule has 1 amide bonds. The lowest BCUT2D eigenvalue weighted by Gasteiger charge is -2.54. The molecule has 0 heterocycles. The minimum atomic E-state index is -0.297. The van der Waals surface area contributed by atoms with Crippen molar-refractivity contribution in [3.05, 3.63) is 46.8 Å². The standard InChI is InChI=1S/C28H37N3O4/c1-30(2)25-26(28(34)22-7-5-4-6-21(22)27(25)33)31(8-9-35-3)24(32)16-29-15-23-19-11-17-10-18(13-19)14-20(23)12-17/h4-7,17-20,23,29H,8-16H2,1-3H3. The minimum Gasteiger partial charge on any atom is -0.383 e. The van der Waals surface area contributed by atoms with Crippen LogP contribution in [-0.4, -0.2) is 74.7 Å². The first kappa shape index (κ1) is 24.2. The van der Waals surface area contributed by atoms with Crippen LogP contribution in [0.1, 0.15) is 52.8 Å². The Hall–Kier alpha value is -2.51. The van der Waals surface area contributed by atoms with E-state index in [-0.39, 0.29) is 48.6 Å². The summed E-state index contributed by atoms with van der Waals surface area (Å²) in [5, 5.41) is 3.43. The molecule has 5 aliphatic rings. The van der Waals surface area contributed by atoms with Crippen molar-refractivity contribution in [3.8, 4) is 0 Å². The van der Waals surface area contributed by atoms with Crippen LogP contribution in [0.15, 0.2) is 35.7 Å². The number of rotatable bonds is 9. The van der Waals surface area contributed by atoms with Gasteiger partial charge in [0, 0.05) is 38.9 Å². The lowest BCUT2D eigenvalue weighted by atomic mass is 9.52.